The van der Waals surface area contributed by atoms with E-state index in [1.165, 1.54) is 9.75 Å². The summed E-state index contributed by atoms with van der Waals surface area (Å²) in [4.78, 5) is 2.66. The Morgan fingerprint density at radius 3 is 2.71 bits per heavy atom. The lowest BCUT2D eigenvalue weighted by Gasteiger charge is -2.15. The van der Waals surface area contributed by atoms with Crippen molar-refractivity contribution in [2.75, 3.05) is 6.54 Å². The van der Waals surface area contributed by atoms with E-state index in [1.807, 2.05) is 13.8 Å². The number of rotatable bonds is 4. The molecule has 1 rings (SSSR count). The van der Waals surface area contributed by atoms with Crippen molar-refractivity contribution in [1.29, 1.82) is 5.26 Å². The predicted octanol–water partition coefficient (Wildman–Crippen LogP) is 2.70. The van der Waals surface area contributed by atoms with Crippen molar-refractivity contribution in [3.63, 3.8) is 0 Å². The highest BCUT2D eigenvalue weighted by atomic mass is 32.1. The molecule has 0 aliphatic carbocycles. The normalized spacial score (nSPS) is 11.3. The molecule has 0 spiro atoms. The molecule has 2 nitrogen and oxygen atoms in total. The van der Waals surface area contributed by atoms with Crippen LogP contribution in [0.5, 0.6) is 0 Å². The van der Waals surface area contributed by atoms with Gasteiger partial charge in [-0.05, 0) is 32.9 Å². The number of hydrogen-bond donors (Lipinski definition) is 1. The van der Waals surface area contributed by atoms with Gasteiger partial charge in [0, 0.05) is 22.8 Å². The molecule has 76 valence electrons. The van der Waals surface area contributed by atoms with E-state index in [1.54, 1.807) is 11.3 Å². The smallest absolute Gasteiger partial charge is 0.0697 e. The quantitative estimate of drug-likeness (QED) is 0.825. The second-order valence-corrected chi connectivity index (χ2v) is 5.48. The molecule has 0 amide bonds. The highest BCUT2D eigenvalue weighted by Gasteiger charge is 2.15. The first-order valence-electron chi connectivity index (χ1n) is 4.71. The summed E-state index contributed by atoms with van der Waals surface area (Å²) in [5.41, 5.74) is -0.272. The second kappa shape index (κ2) is 4.59. The van der Waals surface area contributed by atoms with Crippen molar-refractivity contribution in [3.05, 3.63) is 21.9 Å². The Morgan fingerprint density at radius 2 is 2.21 bits per heavy atom. The van der Waals surface area contributed by atoms with Crippen LogP contribution in [0.3, 0.4) is 0 Å². The van der Waals surface area contributed by atoms with E-state index in [2.05, 4.69) is 30.4 Å². The minimum atomic E-state index is -0.272. The monoisotopic (exact) mass is 208 g/mol. The summed E-state index contributed by atoms with van der Waals surface area (Å²) >= 11 is 1.80. The Labute approximate surface area is 89.6 Å². The number of thiophene rings is 1. The number of nitrogens with zero attached hydrogens (tertiary/aromatic N) is 1. The number of aryl methyl sites for hydroxylation is 1. The van der Waals surface area contributed by atoms with Crippen LogP contribution in [0.1, 0.15) is 23.6 Å². The minimum Gasteiger partial charge on any atom is -0.310 e. The zero-order chi connectivity index (χ0) is 10.6. The van der Waals surface area contributed by atoms with Crippen molar-refractivity contribution in [2.45, 2.75) is 27.3 Å². The summed E-state index contributed by atoms with van der Waals surface area (Å²) < 4.78 is 0. The van der Waals surface area contributed by atoms with E-state index in [4.69, 9.17) is 5.26 Å². The summed E-state index contributed by atoms with van der Waals surface area (Å²) in [5.74, 6) is 0. The lowest BCUT2D eigenvalue weighted by atomic mass is 9.96. The molecule has 0 saturated heterocycles. The second-order valence-electron chi connectivity index (χ2n) is 4.11. The van der Waals surface area contributed by atoms with Crippen LogP contribution in [0.25, 0.3) is 0 Å². The fourth-order valence-corrected chi connectivity index (χ4v) is 1.98. The van der Waals surface area contributed by atoms with Crippen LogP contribution < -0.4 is 5.32 Å². The SMILES string of the molecule is Cc1ccc(CNCC(C)(C)C#N)s1. The van der Waals surface area contributed by atoms with Crippen LogP contribution in [-0.2, 0) is 6.54 Å². The molecular formula is C11H16N2S. The van der Waals surface area contributed by atoms with Gasteiger partial charge >= 0.3 is 0 Å². The fourth-order valence-electron chi connectivity index (χ4n) is 1.12. The summed E-state index contributed by atoms with van der Waals surface area (Å²) in [6.07, 6.45) is 0. The molecular weight excluding hydrogens is 192 g/mol. The molecule has 0 radical (unpaired) electrons. The van der Waals surface area contributed by atoms with E-state index < -0.39 is 0 Å². The summed E-state index contributed by atoms with van der Waals surface area (Å²) in [5, 5.41) is 12.1. The highest BCUT2D eigenvalue weighted by Crippen LogP contribution is 2.15. The van der Waals surface area contributed by atoms with Crippen LogP contribution in [-0.4, -0.2) is 6.54 Å². The first-order chi connectivity index (χ1) is 6.53. The molecule has 0 atom stereocenters. The molecule has 14 heavy (non-hydrogen) atoms. The first kappa shape index (κ1) is 11.2. The van der Waals surface area contributed by atoms with Crippen molar-refractivity contribution in [2.24, 2.45) is 5.41 Å². The van der Waals surface area contributed by atoms with Crippen LogP contribution in [0.15, 0.2) is 12.1 Å². The summed E-state index contributed by atoms with van der Waals surface area (Å²) in [7, 11) is 0. The van der Waals surface area contributed by atoms with Crippen LogP contribution in [0, 0.1) is 23.7 Å². The van der Waals surface area contributed by atoms with Crippen molar-refractivity contribution < 1.29 is 0 Å². The Hall–Kier alpha value is -0.850. The van der Waals surface area contributed by atoms with Crippen molar-refractivity contribution in [1.82, 2.24) is 5.32 Å². The maximum atomic E-state index is 8.81. The molecule has 0 aliphatic heterocycles. The number of nitriles is 1. The van der Waals surface area contributed by atoms with Crippen LogP contribution >= 0.6 is 11.3 Å². The van der Waals surface area contributed by atoms with Gasteiger partial charge in [0.05, 0.1) is 11.5 Å². The first-order valence-corrected chi connectivity index (χ1v) is 5.52. The van der Waals surface area contributed by atoms with Gasteiger partial charge in [-0.3, -0.25) is 0 Å². The molecule has 0 saturated carbocycles. The molecule has 0 bridgehead atoms. The average Bonchev–Trinajstić information content (AvgIpc) is 2.51. The molecule has 1 heterocycles. The van der Waals surface area contributed by atoms with Crippen LogP contribution in [0.4, 0.5) is 0 Å². The Bertz CT molecular complexity index is 333. The molecule has 0 unspecified atom stereocenters. The van der Waals surface area contributed by atoms with Gasteiger partial charge in [0.25, 0.3) is 0 Å². The topological polar surface area (TPSA) is 35.8 Å². The zero-order valence-electron chi connectivity index (χ0n) is 8.92. The lowest BCUT2D eigenvalue weighted by Crippen LogP contribution is -2.27. The Kier molecular flexibility index (Phi) is 3.68. The van der Waals surface area contributed by atoms with E-state index >= 15 is 0 Å². The van der Waals surface area contributed by atoms with Gasteiger partial charge in [0.2, 0.25) is 0 Å². The molecule has 1 aromatic heterocycles. The van der Waals surface area contributed by atoms with E-state index in [-0.39, 0.29) is 5.41 Å². The fraction of sp³-hybridized carbons (Fsp3) is 0.545. The van der Waals surface area contributed by atoms with Gasteiger partial charge in [-0.1, -0.05) is 0 Å². The molecule has 0 aromatic carbocycles. The van der Waals surface area contributed by atoms with E-state index in [0.29, 0.717) is 0 Å². The maximum absolute atomic E-state index is 8.81. The van der Waals surface area contributed by atoms with Crippen LogP contribution in [0.2, 0.25) is 0 Å². The largest absolute Gasteiger partial charge is 0.310 e. The third-order valence-electron chi connectivity index (χ3n) is 1.96. The Morgan fingerprint density at radius 1 is 1.50 bits per heavy atom. The van der Waals surface area contributed by atoms with Gasteiger partial charge in [0.1, 0.15) is 0 Å². The molecule has 1 aromatic rings. The van der Waals surface area contributed by atoms with Crippen molar-refractivity contribution in [3.8, 4) is 6.07 Å². The maximum Gasteiger partial charge on any atom is 0.0697 e. The Balaban J connectivity index is 2.33. The van der Waals surface area contributed by atoms with Crippen molar-refractivity contribution >= 4 is 11.3 Å². The summed E-state index contributed by atoms with van der Waals surface area (Å²) in [6, 6.07) is 6.53. The van der Waals surface area contributed by atoms with Gasteiger partial charge in [-0.2, -0.15) is 5.26 Å². The molecule has 1 N–H and O–H groups in total. The van der Waals surface area contributed by atoms with Gasteiger partial charge < -0.3 is 5.32 Å². The third-order valence-corrected chi connectivity index (χ3v) is 2.97. The van der Waals surface area contributed by atoms with Gasteiger partial charge in [0.15, 0.2) is 0 Å². The number of nitrogens with one attached hydrogen (secondary N) is 1. The highest BCUT2D eigenvalue weighted by molar-refractivity contribution is 7.11. The van der Waals surface area contributed by atoms with E-state index in [9.17, 15) is 0 Å². The van der Waals surface area contributed by atoms with Gasteiger partial charge in [-0.15, -0.1) is 11.3 Å². The molecule has 3 heteroatoms. The average molecular weight is 208 g/mol. The minimum absolute atomic E-state index is 0.272. The predicted molar refractivity (Wildman–Crippen MR) is 60.2 cm³/mol. The number of hydrogen-bond acceptors (Lipinski definition) is 3. The lowest BCUT2D eigenvalue weighted by molar-refractivity contribution is 0.446. The standard InChI is InChI=1S/C11H16N2S/c1-9-4-5-10(14-9)6-13-8-11(2,3)7-12/h4-5,13H,6,8H2,1-3H3. The molecule has 0 aliphatic rings. The molecule has 0 fully saturated rings. The van der Waals surface area contributed by atoms with E-state index in [0.717, 1.165) is 13.1 Å². The third kappa shape index (κ3) is 3.49. The summed E-state index contributed by atoms with van der Waals surface area (Å²) in [6.45, 7) is 7.59. The van der Waals surface area contributed by atoms with Gasteiger partial charge in [-0.25, -0.2) is 0 Å². The zero-order valence-corrected chi connectivity index (χ0v) is 9.74.